The number of aliphatic carboxylic acids is 1. The minimum Gasteiger partial charge on any atom is -0.481 e. The highest BCUT2D eigenvalue weighted by atomic mass is 79.9. The Bertz CT molecular complexity index is 640. The van der Waals surface area contributed by atoms with Crippen molar-refractivity contribution in [1.29, 1.82) is 0 Å². The maximum Gasteiger partial charge on any atom is 0.311 e. The predicted octanol–water partition coefficient (Wildman–Crippen LogP) is 1.71. The topological polar surface area (TPSA) is 90.5 Å². The van der Waals surface area contributed by atoms with E-state index in [9.17, 15) is 19.5 Å². The van der Waals surface area contributed by atoms with E-state index in [1.807, 2.05) is 13.8 Å². The van der Waals surface area contributed by atoms with Crippen molar-refractivity contribution in [2.45, 2.75) is 20.3 Å². The summed E-state index contributed by atoms with van der Waals surface area (Å²) in [6.45, 7) is 4.31. The Kier molecular flexibility index (Phi) is 4.22. The summed E-state index contributed by atoms with van der Waals surface area (Å²) < 4.78 is 0.279. The number of halogens is 1. The van der Waals surface area contributed by atoms with E-state index in [2.05, 4.69) is 20.9 Å². The largest absolute Gasteiger partial charge is 0.481 e. The van der Waals surface area contributed by atoms with Crippen LogP contribution in [0.1, 0.15) is 30.6 Å². The van der Waals surface area contributed by atoms with Crippen LogP contribution in [0.5, 0.6) is 0 Å². The fourth-order valence-electron chi connectivity index (χ4n) is 2.66. The second kappa shape index (κ2) is 5.63. The molecule has 0 spiro atoms. The number of carbonyl (C=O) groups is 2. The summed E-state index contributed by atoms with van der Waals surface area (Å²) in [5.41, 5.74) is -0.865. The van der Waals surface area contributed by atoms with E-state index in [-0.39, 0.29) is 28.4 Å². The Morgan fingerprint density at radius 3 is 2.62 bits per heavy atom. The molecule has 1 aliphatic rings. The number of aromatic nitrogens is 1. The lowest BCUT2D eigenvalue weighted by Crippen LogP contribution is -2.40. The van der Waals surface area contributed by atoms with Crippen LogP contribution >= 0.6 is 15.9 Å². The number of amides is 1. The second-order valence-corrected chi connectivity index (χ2v) is 6.51. The number of nitrogens with one attached hydrogen (secondary N) is 1. The monoisotopic (exact) mass is 356 g/mol. The van der Waals surface area contributed by atoms with E-state index in [1.165, 1.54) is 17.2 Å². The molecule has 21 heavy (non-hydrogen) atoms. The van der Waals surface area contributed by atoms with E-state index >= 15 is 0 Å². The van der Waals surface area contributed by atoms with Gasteiger partial charge in [0.1, 0.15) is 0 Å². The molecule has 0 radical (unpaired) electrons. The maximum absolute atomic E-state index is 12.4. The molecule has 0 aliphatic carbocycles. The third kappa shape index (κ3) is 2.74. The molecule has 7 heteroatoms. The number of pyridine rings is 1. The molecule has 1 fully saturated rings. The standard InChI is InChI=1S/C14H17BrN2O4/c1-8(2)14(13(20)21)3-4-17(7-14)12(19)9-5-10(15)11(18)16-6-9/h5-6,8H,3-4,7H2,1-2H3,(H,16,18)(H,20,21). The Labute approximate surface area is 130 Å². The lowest BCUT2D eigenvalue weighted by atomic mass is 9.76. The third-order valence-electron chi connectivity index (χ3n) is 4.22. The van der Waals surface area contributed by atoms with Gasteiger partial charge in [-0.15, -0.1) is 0 Å². The fourth-order valence-corrected chi connectivity index (χ4v) is 3.02. The Morgan fingerprint density at radius 2 is 2.14 bits per heavy atom. The van der Waals surface area contributed by atoms with Gasteiger partial charge in [0.15, 0.2) is 0 Å². The number of carbonyl (C=O) groups excluding carboxylic acids is 1. The van der Waals surface area contributed by atoms with Crippen molar-refractivity contribution < 1.29 is 14.7 Å². The first-order valence-corrected chi connectivity index (χ1v) is 7.48. The molecule has 0 aromatic carbocycles. The van der Waals surface area contributed by atoms with Gasteiger partial charge >= 0.3 is 5.97 Å². The van der Waals surface area contributed by atoms with Gasteiger partial charge in [0.2, 0.25) is 0 Å². The van der Waals surface area contributed by atoms with Gasteiger partial charge in [0.05, 0.1) is 15.5 Å². The molecule has 1 amide bonds. The number of carboxylic acid groups (broad SMARTS) is 1. The van der Waals surface area contributed by atoms with Crippen molar-refractivity contribution in [3.05, 3.63) is 32.7 Å². The first kappa shape index (κ1) is 15.8. The van der Waals surface area contributed by atoms with Crippen LogP contribution in [-0.2, 0) is 4.79 Å². The third-order valence-corrected chi connectivity index (χ3v) is 4.81. The molecule has 2 heterocycles. The number of hydrogen-bond donors (Lipinski definition) is 2. The number of rotatable bonds is 3. The summed E-state index contributed by atoms with van der Waals surface area (Å²) >= 11 is 3.08. The average molecular weight is 357 g/mol. The van der Waals surface area contributed by atoms with Crippen molar-refractivity contribution in [1.82, 2.24) is 9.88 Å². The quantitative estimate of drug-likeness (QED) is 0.862. The number of H-pyrrole nitrogens is 1. The van der Waals surface area contributed by atoms with E-state index in [1.54, 1.807) is 0 Å². The van der Waals surface area contributed by atoms with Crippen LogP contribution in [0.2, 0.25) is 0 Å². The molecule has 2 N–H and O–H groups in total. The molecule has 2 rings (SSSR count). The number of carboxylic acids is 1. The van der Waals surface area contributed by atoms with Gasteiger partial charge < -0.3 is 15.0 Å². The highest BCUT2D eigenvalue weighted by Gasteiger charge is 2.48. The molecule has 1 atom stereocenters. The van der Waals surface area contributed by atoms with Crippen LogP contribution in [0, 0.1) is 11.3 Å². The number of hydrogen-bond acceptors (Lipinski definition) is 3. The average Bonchev–Trinajstić information content (AvgIpc) is 2.87. The van der Waals surface area contributed by atoms with E-state index < -0.39 is 11.4 Å². The van der Waals surface area contributed by atoms with Gasteiger partial charge in [0.25, 0.3) is 11.5 Å². The van der Waals surface area contributed by atoms with E-state index in [0.717, 1.165) is 0 Å². The molecule has 1 aromatic heterocycles. The lowest BCUT2D eigenvalue weighted by molar-refractivity contribution is -0.150. The molecule has 1 saturated heterocycles. The van der Waals surface area contributed by atoms with Crippen LogP contribution < -0.4 is 5.56 Å². The lowest BCUT2D eigenvalue weighted by Gasteiger charge is -2.28. The van der Waals surface area contributed by atoms with Gasteiger partial charge in [-0.3, -0.25) is 14.4 Å². The Morgan fingerprint density at radius 1 is 1.48 bits per heavy atom. The van der Waals surface area contributed by atoms with Crippen LogP contribution in [0.4, 0.5) is 0 Å². The van der Waals surface area contributed by atoms with Crippen molar-refractivity contribution >= 4 is 27.8 Å². The molecule has 0 saturated carbocycles. The van der Waals surface area contributed by atoms with Gasteiger partial charge in [-0.2, -0.15) is 0 Å². The molecule has 6 nitrogen and oxygen atoms in total. The van der Waals surface area contributed by atoms with Crippen LogP contribution in [0.15, 0.2) is 21.5 Å². The van der Waals surface area contributed by atoms with Gasteiger partial charge in [-0.1, -0.05) is 13.8 Å². The SMILES string of the molecule is CC(C)C1(C(=O)O)CCN(C(=O)c2c[nH]c(=O)c(Br)c2)C1. The van der Waals surface area contributed by atoms with Crippen molar-refractivity contribution in [2.24, 2.45) is 11.3 Å². The van der Waals surface area contributed by atoms with Crippen LogP contribution in [0.3, 0.4) is 0 Å². The zero-order valence-corrected chi connectivity index (χ0v) is 13.4. The normalized spacial score (nSPS) is 21.8. The molecular weight excluding hydrogens is 340 g/mol. The van der Waals surface area contributed by atoms with E-state index in [4.69, 9.17) is 0 Å². The van der Waals surface area contributed by atoms with Crippen LogP contribution in [-0.4, -0.2) is 40.0 Å². The Balaban J connectivity index is 2.24. The molecule has 1 unspecified atom stereocenters. The Hall–Kier alpha value is -1.63. The summed E-state index contributed by atoms with van der Waals surface area (Å²) in [5, 5.41) is 9.49. The summed E-state index contributed by atoms with van der Waals surface area (Å²) in [7, 11) is 0. The number of likely N-dealkylation sites (tertiary alicyclic amines) is 1. The summed E-state index contributed by atoms with van der Waals surface area (Å²) in [6, 6.07) is 1.46. The molecular formula is C14H17BrN2O4. The minimum atomic E-state index is -0.894. The van der Waals surface area contributed by atoms with Gasteiger partial charge in [-0.05, 0) is 34.3 Å². The molecule has 1 aliphatic heterocycles. The predicted molar refractivity (Wildman–Crippen MR) is 80.2 cm³/mol. The first-order chi connectivity index (χ1) is 9.78. The van der Waals surface area contributed by atoms with Crippen molar-refractivity contribution in [2.75, 3.05) is 13.1 Å². The first-order valence-electron chi connectivity index (χ1n) is 6.69. The van der Waals surface area contributed by atoms with Crippen molar-refractivity contribution in [3.63, 3.8) is 0 Å². The minimum absolute atomic E-state index is 0.0601. The summed E-state index contributed by atoms with van der Waals surface area (Å²) in [4.78, 5) is 39.3. The maximum atomic E-state index is 12.4. The van der Waals surface area contributed by atoms with Crippen LogP contribution in [0.25, 0.3) is 0 Å². The number of nitrogens with zero attached hydrogens (tertiary/aromatic N) is 1. The zero-order valence-electron chi connectivity index (χ0n) is 11.9. The van der Waals surface area contributed by atoms with Gasteiger partial charge in [0, 0.05) is 19.3 Å². The summed E-state index contributed by atoms with van der Waals surface area (Å²) in [6.07, 6.45) is 1.79. The fraction of sp³-hybridized carbons (Fsp3) is 0.500. The number of aromatic amines is 1. The highest BCUT2D eigenvalue weighted by Crippen LogP contribution is 2.38. The molecule has 114 valence electrons. The van der Waals surface area contributed by atoms with E-state index in [0.29, 0.717) is 18.5 Å². The van der Waals surface area contributed by atoms with Gasteiger partial charge in [-0.25, -0.2) is 0 Å². The smallest absolute Gasteiger partial charge is 0.311 e. The zero-order chi connectivity index (χ0) is 15.8. The highest BCUT2D eigenvalue weighted by molar-refractivity contribution is 9.10. The summed E-state index contributed by atoms with van der Waals surface area (Å²) in [5.74, 6) is -1.19. The molecule has 1 aromatic rings. The van der Waals surface area contributed by atoms with Crippen molar-refractivity contribution in [3.8, 4) is 0 Å². The second-order valence-electron chi connectivity index (χ2n) is 5.66. The molecule has 0 bridgehead atoms.